The number of nitrogens with zero attached hydrogens (tertiary/aromatic N) is 1. The second kappa shape index (κ2) is 4.44. The van der Waals surface area contributed by atoms with Gasteiger partial charge in [0, 0.05) is 6.07 Å². The van der Waals surface area contributed by atoms with Crippen molar-refractivity contribution in [2.75, 3.05) is 0 Å². The van der Waals surface area contributed by atoms with Crippen LogP contribution in [-0.4, -0.2) is 20.9 Å². The molecular weight excluding hydrogens is 246 g/mol. The molecular formula is C11H8F2N2O3. The van der Waals surface area contributed by atoms with Gasteiger partial charge >= 0.3 is 5.97 Å². The topological polar surface area (TPSA) is 75.1 Å². The highest BCUT2D eigenvalue weighted by Crippen LogP contribution is 2.15. The van der Waals surface area contributed by atoms with Crippen molar-refractivity contribution in [1.29, 1.82) is 0 Å². The molecule has 0 saturated carbocycles. The van der Waals surface area contributed by atoms with Gasteiger partial charge in [0.1, 0.15) is 5.69 Å². The summed E-state index contributed by atoms with van der Waals surface area (Å²) in [5, 5.41) is 11.0. The highest BCUT2D eigenvalue weighted by Gasteiger charge is 2.13. The zero-order chi connectivity index (χ0) is 13.3. The fraction of sp³-hybridized carbons (Fsp3) is 0.0909. The molecule has 1 aromatic carbocycles. The van der Waals surface area contributed by atoms with Crippen LogP contribution < -0.4 is 5.56 Å². The summed E-state index contributed by atoms with van der Waals surface area (Å²) >= 11 is 0. The van der Waals surface area contributed by atoms with Crippen LogP contribution >= 0.6 is 0 Å². The third-order valence-electron chi connectivity index (χ3n) is 2.33. The van der Waals surface area contributed by atoms with Crippen LogP contribution in [0.25, 0.3) is 5.69 Å². The molecule has 18 heavy (non-hydrogen) atoms. The van der Waals surface area contributed by atoms with Gasteiger partial charge in [0.25, 0.3) is 12.0 Å². The van der Waals surface area contributed by atoms with Crippen molar-refractivity contribution in [3.05, 3.63) is 51.9 Å². The molecule has 0 aliphatic rings. The van der Waals surface area contributed by atoms with E-state index in [4.69, 9.17) is 5.11 Å². The van der Waals surface area contributed by atoms with Gasteiger partial charge in [-0.1, -0.05) is 6.07 Å². The summed E-state index contributed by atoms with van der Waals surface area (Å²) in [6.07, 6.45) is -2.79. The number of benzene rings is 1. The maximum atomic E-state index is 12.4. The second-order valence-electron chi connectivity index (χ2n) is 3.54. The number of aromatic amines is 1. The third-order valence-corrected chi connectivity index (χ3v) is 2.33. The lowest BCUT2D eigenvalue weighted by atomic mass is 10.2. The fourth-order valence-corrected chi connectivity index (χ4v) is 1.50. The number of aromatic carboxylic acids is 1. The number of carbonyl (C=O) groups is 1. The Morgan fingerprint density at radius 3 is 2.61 bits per heavy atom. The Bertz CT molecular complexity index is 646. The monoisotopic (exact) mass is 254 g/mol. The van der Waals surface area contributed by atoms with Gasteiger partial charge in [-0.15, -0.1) is 0 Å². The van der Waals surface area contributed by atoms with Crippen molar-refractivity contribution in [2.24, 2.45) is 0 Å². The minimum atomic E-state index is -2.79. The van der Waals surface area contributed by atoms with E-state index in [1.807, 2.05) is 0 Å². The van der Waals surface area contributed by atoms with Gasteiger partial charge in [-0.3, -0.25) is 9.89 Å². The van der Waals surface area contributed by atoms with Crippen molar-refractivity contribution in [3.63, 3.8) is 0 Å². The predicted molar refractivity (Wildman–Crippen MR) is 58.3 cm³/mol. The van der Waals surface area contributed by atoms with E-state index in [0.29, 0.717) is 0 Å². The molecule has 2 rings (SSSR count). The van der Waals surface area contributed by atoms with E-state index in [-0.39, 0.29) is 11.3 Å². The largest absolute Gasteiger partial charge is 0.478 e. The quantitative estimate of drug-likeness (QED) is 0.876. The van der Waals surface area contributed by atoms with E-state index in [2.05, 4.69) is 5.10 Å². The van der Waals surface area contributed by atoms with Crippen LogP contribution in [0.4, 0.5) is 8.78 Å². The SMILES string of the molecule is O=C(O)c1cccc(-n2[nH]c(C(F)F)cc2=O)c1. The van der Waals surface area contributed by atoms with E-state index in [0.717, 1.165) is 10.7 Å². The van der Waals surface area contributed by atoms with Crippen molar-refractivity contribution in [2.45, 2.75) is 6.43 Å². The number of alkyl halides is 2. The lowest BCUT2D eigenvalue weighted by Gasteiger charge is -2.03. The molecule has 5 nitrogen and oxygen atoms in total. The number of hydrogen-bond donors (Lipinski definition) is 2. The standard InChI is InChI=1S/C11H8F2N2O3/c12-10(13)8-5-9(16)15(14-8)7-3-1-2-6(4-7)11(17)18/h1-5,10,14H,(H,17,18). The number of halogens is 2. The van der Waals surface area contributed by atoms with Crippen LogP contribution in [0.5, 0.6) is 0 Å². The summed E-state index contributed by atoms with van der Waals surface area (Å²) in [7, 11) is 0. The normalized spacial score (nSPS) is 10.8. The highest BCUT2D eigenvalue weighted by atomic mass is 19.3. The van der Waals surface area contributed by atoms with Crippen LogP contribution in [0, 0.1) is 0 Å². The molecule has 0 atom stereocenters. The lowest BCUT2D eigenvalue weighted by molar-refractivity contribution is 0.0696. The number of nitrogens with one attached hydrogen (secondary N) is 1. The van der Waals surface area contributed by atoms with Gasteiger partial charge in [0.15, 0.2) is 0 Å². The maximum Gasteiger partial charge on any atom is 0.335 e. The zero-order valence-electron chi connectivity index (χ0n) is 8.93. The summed E-state index contributed by atoms with van der Waals surface area (Å²) in [5.74, 6) is -1.16. The molecule has 1 heterocycles. The van der Waals surface area contributed by atoms with Gasteiger partial charge in [-0.05, 0) is 18.2 Å². The Balaban J connectivity index is 2.52. The average molecular weight is 254 g/mol. The fourth-order valence-electron chi connectivity index (χ4n) is 1.50. The Hall–Kier alpha value is -2.44. The molecule has 0 radical (unpaired) electrons. The van der Waals surface area contributed by atoms with Crippen molar-refractivity contribution < 1.29 is 18.7 Å². The first-order valence-electron chi connectivity index (χ1n) is 4.93. The van der Waals surface area contributed by atoms with Crippen LogP contribution in [0.1, 0.15) is 22.5 Å². The molecule has 2 N–H and O–H groups in total. The van der Waals surface area contributed by atoms with E-state index in [1.165, 1.54) is 24.3 Å². The molecule has 94 valence electrons. The molecule has 1 aromatic heterocycles. The van der Waals surface area contributed by atoms with Gasteiger partial charge in [-0.2, -0.15) is 0 Å². The van der Waals surface area contributed by atoms with Crippen LogP contribution in [-0.2, 0) is 0 Å². The van der Waals surface area contributed by atoms with Crippen molar-refractivity contribution in [3.8, 4) is 5.69 Å². The van der Waals surface area contributed by atoms with Gasteiger partial charge < -0.3 is 5.11 Å². The minimum absolute atomic E-state index is 0.0346. The second-order valence-corrected chi connectivity index (χ2v) is 3.54. The van der Waals surface area contributed by atoms with Crippen LogP contribution in [0.15, 0.2) is 35.1 Å². The molecule has 0 unspecified atom stereocenters. The summed E-state index contributed by atoms with van der Waals surface area (Å²) in [6.45, 7) is 0. The van der Waals surface area contributed by atoms with Crippen LogP contribution in [0.2, 0.25) is 0 Å². The number of aromatic nitrogens is 2. The highest BCUT2D eigenvalue weighted by molar-refractivity contribution is 5.88. The van der Waals surface area contributed by atoms with Crippen molar-refractivity contribution >= 4 is 5.97 Å². The summed E-state index contributed by atoms with van der Waals surface area (Å²) < 4.78 is 25.7. The number of H-pyrrole nitrogens is 1. The number of hydrogen-bond acceptors (Lipinski definition) is 2. The van der Waals surface area contributed by atoms with E-state index in [1.54, 1.807) is 0 Å². The number of carboxylic acid groups (broad SMARTS) is 1. The summed E-state index contributed by atoms with van der Waals surface area (Å²) in [4.78, 5) is 22.2. The van der Waals surface area contributed by atoms with Gasteiger partial charge in [-0.25, -0.2) is 18.3 Å². The Labute approximate surface area is 99.3 Å². The zero-order valence-corrected chi connectivity index (χ0v) is 8.93. The average Bonchev–Trinajstić information content (AvgIpc) is 2.72. The predicted octanol–water partition coefficient (Wildman–Crippen LogP) is 1.80. The third kappa shape index (κ3) is 2.15. The van der Waals surface area contributed by atoms with E-state index >= 15 is 0 Å². The molecule has 0 aliphatic heterocycles. The van der Waals surface area contributed by atoms with E-state index in [9.17, 15) is 18.4 Å². The lowest BCUT2D eigenvalue weighted by Crippen LogP contribution is -2.14. The summed E-state index contributed by atoms with van der Waals surface area (Å²) in [6, 6.07) is 6.20. The molecule has 0 spiro atoms. The molecule has 0 aliphatic carbocycles. The van der Waals surface area contributed by atoms with E-state index < -0.39 is 23.6 Å². The Morgan fingerprint density at radius 1 is 1.33 bits per heavy atom. The molecule has 0 amide bonds. The van der Waals surface area contributed by atoms with Gasteiger partial charge in [0.2, 0.25) is 0 Å². The first kappa shape index (κ1) is 12.0. The summed E-state index contributed by atoms with van der Waals surface area (Å²) in [5.41, 5.74) is -1.03. The molecule has 0 saturated heterocycles. The first-order chi connectivity index (χ1) is 8.49. The first-order valence-corrected chi connectivity index (χ1v) is 4.93. The Morgan fingerprint density at radius 2 is 2.06 bits per heavy atom. The number of carboxylic acids is 1. The molecule has 2 aromatic rings. The maximum absolute atomic E-state index is 12.4. The van der Waals surface area contributed by atoms with Crippen molar-refractivity contribution in [1.82, 2.24) is 9.78 Å². The van der Waals surface area contributed by atoms with Crippen LogP contribution in [0.3, 0.4) is 0 Å². The Kier molecular flexibility index (Phi) is 2.97. The smallest absolute Gasteiger partial charge is 0.335 e. The van der Waals surface area contributed by atoms with Gasteiger partial charge in [0.05, 0.1) is 11.3 Å². The molecule has 7 heteroatoms. The minimum Gasteiger partial charge on any atom is -0.478 e. The molecule has 0 bridgehead atoms. The molecule has 0 fully saturated rings. The number of rotatable bonds is 3.